The normalized spacial score (nSPS) is 12.7. The van der Waals surface area contributed by atoms with Crippen LogP contribution in [0, 0.1) is 0 Å². The van der Waals surface area contributed by atoms with Crippen LogP contribution in [-0.4, -0.2) is 16.7 Å². The van der Waals surface area contributed by atoms with Gasteiger partial charge in [-0.05, 0) is 71.6 Å². The second-order valence-corrected chi connectivity index (χ2v) is 11.5. The maximum Gasteiger partial charge on any atom is 0.256 e. The van der Waals surface area contributed by atoms with Gasteiger partial charge in [-0.1, -0.05) is 109 Å². The molecule has 1 aromatic heterocycles. The molecule has 2 aliphatic heterocycles. The molecule has 0 unspecified atom stereocenters. The van der Waals surface area contributed by atoms with E-state index in [1.54, 1.807) is 0 Å². The van der Waals surface area contributed by atoms with Crippen molar-refractivity contribution in [2.45, 2.75) is 0 Å². The first-order valence-corrected chi connectivity index (χ1v) is 15.6. The van der Waals surface area contributed by atoms with Gasteiger partial charge in [0, 0.05) is 39.6 Å². The Kier molecular flexibility index (Phi) is 6.16. The Morgan fingerprint density at radius 1 is 0.413 bits per heavy atom. The summed E-state index contributed by atoms with van der Waals surface area (Å²) in [7, 11) is 0. The number of benzene rings is 6. The van der Waals surface area contributed by atoms with E-state index in [9.17, 15) is 0 Å². The molecule has 0 aliphatic carbocycles. The van der Waals surface area contributed by atoms with Gasteiger partial charge in [0.1, 0.15) is 11.6 Å². The molecular weight excluding hydrogens is 561 g/mol. The number of rotatable bonds is 5. The van der Waals surface area contributed by atoms with E-state index in [1.807, 2.05) is 12.1 Å². The Labute approximate surface area is 268 Å². The summed E-state index contributed by atoms with van der Waals surface area (Å²) >= 11 is 0. The molecule has 0 bridgehead atoms. The minimum Gasteiger partial charge on any atom is -0.296 e. The van der Waals surface area contributed by atoms with Crippen molar-refractivity contribution in [3.05, 3.63) is 170 Å². The lowest BCUT2D eigenvalue weighted by molar-refractivity contribution is 1.04. The Hall–Kier alpha value is -6.14. The SMILES string of the molecule is c1ccc(N(c2ccccc2)c2nc3c4c(n2)N(c2ccccc2)c2ccccc2B4c2ccccc2N3c2ccccc2)cc1. The molecule has 2 aliphatic rings. The van der Waals surface area contributed by atoms with Crippen LogP contribution in [0.1, 0.15) is 0 Å². The molecule has 0 radical (unpaired) electrons. The van der Waals surface area contributed by atoms with Crippen LogP contribution >= 0.6 is 0 Å². The molecule has 0 N–H and O–H groups in total. The van der Waals surface area contributed by atoms with E-state index in [1.165, 1.54) is 10.9 Å². The molecule has 5 nitrogen and oxygen atoms in total. The zero-order valence-corrected chi connectivity index (χ0v) is 25.0. The molecule has 3 heterocycles. The maximum absolute atomic E-state index is 5.53. The standard InChI is InChI=1S/C40H28BN5/c1-5-17-29(18-6-1)44(30-19-7-2-8-20-30)40-42-38-37-39(43-40)46(32-23-11-4-12-24-32)36-28-16-14-26-34(36)41(37)33-25-13-15-27-35(33)45(38)31-21-9-3-10-22-31/h1-28H. The van der Waals surface area contributed by atoms with Gasteiger partial charge in [-0.25, -0.2) is 0 Å². The zero-order valence-electron chi connectivity index (χ0n) is 25.0. The third-order valence-electron chi connectivity index (χ3n) is 8.84. The summed E-state index contributed by atoms with van der Waals surface area (Å²) in [6.45, 7) is -0.0340. The second-order valence-electron chi connectivity index (χ2n) is 11.5. The lowest BCUT2D eigenvalue weighted by atomic mass is 9.34. The van der Waals surface area contributed by atoms with Crippen LogP contribution in [0.5, 0.6) is 0 Å². The first kappa shape index (κ1) is 26.3. The van der Waals surface area contributed by atoms with Gasteiger partial charge in [0.2, 0.25) is 5.95 Å². The van der Waals surface area contributed by atoms with Gasteiger partial charge in [0.05, 0.1) is 0 Å². The average Bonchev–Trinajstić information content (AvgIpc) is 3.13. The Morgan fingerprint density at radius 3 is 1.22 bits per heavy atom. The lowest BCUT2D eigenvalue weighted by Crippen LogP contribution is -2.62. The predicted octanol–water partition coefficient (Wildman–Crippen LogP) is 8.03. The number of nitrogens with zero attached hydrogens (tertiary/aromatic N) is 5. The van der Waals surface area contributed by atoms with Crippen molar-refractivity contribution < 1.29 is 0 Å². The fourth-order valence-corrected chi connectivity index (χ4v) is 6.92. The average molecular weight is 590 g/mol. The first-order valence-electron chi connectivity index (χ1n) is 15.6. The van der Waals surface area contributed by atoms with Crippen molar-refractivity contribution in [3.63, 3.8) is 0 Å². The van der Waals surface area contributed by atoms with Crippen LogP contribution in [-0.2, 0) is 0 Å². The van der Waals surface area contributed by atoms with E-state index in [2.05, 4.69) is 172 Å². The molecule has 0 saturated carbocycles. The number of hydrogen-bond donors (Lipinski definition) is 0. The molecule has 9 rings (SSSR count). The van der Waals surface area contributed by atoms with Crippen molar-refractivity contribution in [3.8, 4) is 0 Å². The monoisotopic (exact) mass is 589 g/mol. The highest BCUT2D eigenvalue weighted by molar-refractivity contribution is 7.00. The minimum absolute atomic E-state index is 0.0340. The summed E-state index contributed by atoms with van der Waals surface area (Å²) in [5, 5.41) is 0. The molecule has 6 aromatic carbocycles. The third kappa shape index (κ3) is 4.11. The van der Waals surface area contributed by atoms with Gasteiger partial charge in [0.15, 0.2) is 0 Å². The minimum atomic E-state index is -0.0340. The molecule has 216 valence electrons. The van der Waals surface area contributed by atoms with E-state index in [4.69, 9.17) is 9.97 Å². The highest BCUT2D eigenvalue weighted by Crippen LogP contribution is 2.44. The van der Waals surface area contributed by atoms with Gasteiger partial charge in [-0.2, -0.15) is 9.97 Å². The second kappa shape index (κ2) is 10.8. The fourth-order valence-electron chi connectivity index (χ4n) is 6.92. The quantitative estimate of drug-likeness (QED) is 0.190. The third-order valence-corrected chi connectivity index (χ3v) is 8.84. The molecule has 0 fully saturated rings. The number of para-hydroxylation sites is 6. The summed E-state index contributed by atoms with van der Waals surface area (Å²) in [5.74, 6) is 2.36. The van der Waals surface area contributed by atoms with Gasteiger partial charge in [-0.15, -0.1) is 0 Å². The van der Waals surface area contributed by atoms with Crippen LogP contribution in [0.3, 0.4) is 0 Å². The van der Waals surface area contributed by atoms with E-state index in [0.29, 0.717) is 5.95 Å². The molecule has 46 heavy (non-hydrogen) atoms. The Morgan fingerprint density at radius 2 is 0.783 bits per heavy atom. The number of hydrogen-bond acceptors (Lipinski definition) is 5. The van der Waals surface area contributed by atoms with Crippen LogP contribution < -0.4 is 31.1 Å². The van der Waals surface area contributed by atoms with Crippen LogP contribution in [0.4, 0.5) is 51.7 Å². The molecule has 0 spiro atoms. The predicted molar refractivity (Wildman–Crippen MR) is 191 cm³/mol. The summed E-state index contributed by atoms with van der Waals surface area (Å²) in [4.78, 5) is 17.8. The van der Waals surface area contributed by atoms with Crippen LogP contribution in [0.25, 0.3) is 0 Å². The summed E-state index contributed by atoms with van der Waals surface area (Å²) < 4.78 is 0. The van der Waals surface area contributed by atoms with Crippen molar-refractivity contribution in [1.82, 2.24) is 9.97 Å². The van der Waals surface area contributed by atoms with Gasteiger partial charge in [-0.3, -0.25) is 14.7 Å². The summed E-state index contributed by atoms with van der Waals surface area (Å²) in [6.07, 6.45) is 0. The largest absolute Gasteiger partial charge is 0.296 e. The Balaban J connectivity index is 1.41. The lowest BCUT2D eigenvalue weighted by Gasteiger charge is -2.43. The maximum atomic E-state index is 5.53. The van der Waals surface area contributed by atoms with Gasteiger partial charge >= 0.3 is 0 Å². The smallest absolute Gasteiger partial charge is 0.256 e. The molecule has 0 saturated heterocycles. The first-order chi connectivity index (χ1) is 22.9. The highest BCUT2D eigenvalue weighted by atomic mass is 15.3. The van der Waals surface area contributed by atoms with Gasteiger partial charge < -0.3 is 0 Å². The van der Waals surface area contributed by atoms with Crippen molar-refractivity contribution in [1.29, 1.82) is 0 Å². The van der Waals surface area contributed by atoms with Crippen molar-refractivity contribution >= 4 is 74.8 Å². The molecule has 6 heteroatoms. The number of aromatic nitrogens is 2. The highest BCUT2D eigenvalue weighted by Gasteiger charge is 2.45. The number of anilines is 9. The van der Waals surface area contributed by atoms with Crippen molar-refractivity contribution in [2.75, 3.05) is 14.7 Å². The molecule has 0 atom stereocenters. The van der Waals surface area contributed by atoms with E-state index in [0.717, 1.165) is 51.2 Å². The van der Waals surface area contributed by atoms with E-state index < -0.39 is 0 Å². The van der Waals surface area contributed by atoms with E-state index in [-0.39, 0.29) is 6.71 Å². The fraction of sp³-hybridized carbons (Fsp3) is 0. The number of fused-ring (bicyclic) bond motifs is 4. The molecule has 7 aromatic rings. The summed E-state index contributed by atoms with van der Waals surface area (Å²) in [6, 6.07) is 59.3. The Bertz CT molecular complexity index is 2020. The van der Waals surface area contributed by atoms with Crippen molar-refractivity contribution in [2.24, 2.45) is 0 Å². The zero-order chi connectivity index (χ0) is 30.5. The molecule has 0 amide bonds. The summed E-state index contributed by atoms with van der Waals surface area (Å²) in [5.41, 5.74) is 9.89. The topological polar surface area (TPSA) is 35.5 Å². The van der Waals surface area contributed by atoms with Crippen LogP contribution in [0.2, 0.25) is 0 Å². The van der Waals surface area contributed by atoms with Crippen LogP contribution in [0.15, 0.2) is 170 Å². The van der Waals surface area contributed by atoms with Gasteiger partial charge in [0.25, 0.3) is 6.71 Å². The molecular formula is C40H28BN5. The van der Waals surface area contributed by atoms with E-state index >= 15 is 0 Å².